The first-order chi connectivity index (χ1) is 10.7. The number of hydrogen-bond acceptors (Lipinski definition) is 3. The van der Waals surface area contributed by atoms with E-state index in [1.54, 1.807) is 18.2 Å². The second-order valence-electron chi connectivity index (χ2n) is 5.30. The van der Waals surface area contributed by atoms with Crippen LogP contribution in [-0.4, -0.2) is 22.4 Å². The Bertz CT molecular complexity index is 945. The zero-order valence-electron chi connectivity index (χ0n) is 12.1. The summed E-state index contributed by atoms with van der Waals surface area (Å²) in [6.45, 7) is 0.857. The zero-order chi connectivity index (χ0) is 15.1. The van der Waals surface area contributed by atoms with E-state index in [9.17, 15) is 9.59 Å². The number of fused-ring (bicyclic) bond motifs is 2. The molecule has 0 aliphatic carbocycles. The number of amides is 1. The quantitative estimate of drug-likeness (QED) is 0.582. The molecule has 23 heavy (non-hydrogen) atoms. The molecule has 0 bridgehead atoms. The second-order valence-corrected chi connectivity index (χ2v) is 5.30. The number of benzene rings is 2. The van der Waals surface area contributed by atoms with Crippen molar-refractivity contribution < 1.29 is 4.79 Å². The minimum Gasteiger partial charge on any atom is -0.384 e. The van der Waals surface area contributed by atoms with Crippen molar-refractivity contribution in [2.45, 2.75) is 6.42 Å². The Morgan fingerprint density at radius 2 is 1.91 bits per heavy atom. The van der Waals surface area contributed by atoms with Gasteiger partial charge in [-0.15, -0.1) is 12.4 Å². The Hall–Kier alpha value is -2.73. The van der Waals surface area contributed by atoms with Gasteiger partial charge in [0.05, 0.1) is 11.0 Å². The van der Waals surface area contributed by atoms with Crippen molar-refractivity contribution in [1.82, 2.24) is 9.97 Å². The average molecular weight is 331 g/mol. The van der Waals surface area contributed by atoms with Gasteiger partial charge in [-0.3, -0.25) is 4.79 Å². The van der Waals surface area contributed by atoms with Crippen LogP contribution in [0.5, 0.6) is 0 Å². The third kappa shape index (κ3) is 2.68. The summed E-state index contributed by atoms with van der Waals surface area (Å²) in [5.74, 6) is -0.141. The maximum absolute atomic E-state index is 12.5. The van der Waals surface area contributed by atoms with Crippen LogP contribution in [0.2, 0.25) is 0 Å². The molecule has 6 nitrogen and oxygen atoms in total. The van der Waals surface area contributed by atoms with Gasteiger partial charge in [-0.05, 0) is 42.3 Å². The Morgan fingerprint density at radius 3 is 2.78 bits per heavy atom. The molecule has 3 aromatic rings. The summed E-state index contributed by atoms with van der Waals surface area (Å²) >= 11 is 0. The van der Waals surface area contributed by atoms with Crippen LogP contribution in [-0.2, 0) is 6.42 Å². The molecule has 2 heterocycles. The predicted molar refractivity (Wildman–Crippen MR) is 92.8 cm³/mol. The molecule has 0 spiro atoms. The Balaban J connectivity index is 0.00000156. The molecule has 1 aliphatic rings. The standard InChI is InChI=1S/C16H14N4O2.ClH/c21-15(11-2-1-3-12-10(11)6-7-17-12)18-9-4-5-13-14(8-9)20-16(22)19-13;/h1-5,8,17H,6-7H2,(H,18,21)(H2,19,20,22);1H. The van der Waals surface area contributed by atoms with Gasteiger partial charge in [0.25, 0.3) is 5.91 Å². The fourth-order valence-electron chi connectivity index (χ4n) is 2.87. The number of anilines is 2. The van der Waals surface area contributed by atoms with Crippen LogP contribution in [0.25, 0.3) is 11.0 Å². The first-order valence-electron chi connectivity index (χ1n) is 7.10. The molecule has 4 rings (SSSR count). The SMILES string of the molecule is Cl.O=C(Nc1ccc2[nH]c(=O)[nH]c2c1)c1cccc2c1CCN2. The summed E-state index contributed by atoms with van der Waals surface area (Å²) in [6, 6.07) is 11.0. The van der Waals surface area contributed by atoms with Crippen molar-refractivity contribution in [3.8, 4) is 0 Å². The maximum Gasteiger partial charge on any atom is 0.323 e. The van der Waals surface area contributed by atoms with E-state index in [4.69, 9.17) is 0 Å². The molecule has 7 heteroatoms. The van der Waals surface area contributed by atoms with Gasteiger partial charge in [-0.25, -0.2) is 4.79 Å². The van der Waals surface area contributed by atoms with Gasteiger partial charge < -0.3 is 20.6 Å². The number of aromatic nitrogens is 2. The number of rotatable bonds is 2. The van der Waals surface area contributed by atoms with Crippen molar-refractivity contribution >= 4 is 40.7 Å². The highest BCUT2D eigenvalue weighted by molar-refractivity contribution is 6.07. The molecule has 0 saturated heterocycles. The van der Waals surface area contributed by atoms with E-state index >= 15 is 0 Å². The van der Waals surface area contributed by atoms with Crippen LogP contribution in [0.4, 0.5) is 11.4 Å². The van der Waals surface area contributed by atoms with E-state index in [1.807, 2.05) is 18.2 Å². The number of H-pyrrole nitrogens is 2. The van der Waals surface area contributed by atoms with Gasteiger partial charge in [0, 0.05) is 23.5 Å². The van der Waals surface area contributed by atoms with E-state index in [2.05, 4.69) is 20.6 Å². The van der Waals surface area contributed by atoms with Crippen molar-refractivity contribution in [3.63, 3.8) is 0 Å². The third-order valence-electron chi connectivity index (χ3n) is 3.88. The third-order valence-corrected chi connectivity index (χ3v) is 3.88. The summed E-state index contributed by atoms with van der Waals surface area (Å²) in [5.41, 5.74) is 4.54. The summed E-state index contributed by atoms with van der Waals surface area (Å²) in [7, 11) is 0. The molecule has 0 saturated carbocycles. The molecule has 118 valence electrons. The van der Waals surface area contributed by atoms with Crippen LogP contribution < -0.4 is 16.3 Å². The van der Waals surface area contributed by atoms with Crippen LogP contribution in [0.15, 0.2) is 41.2 Å². The van der Waals surface area contributed by atoms with E-state index < -0.39 is 0 Å². The molecule has 2 aromatic carbocycles. The van der Waals surface area contributed by atoms with Crippen molar-refractivity contribution in [3.05, 3.63) is 58.0 Å². The highest BCUT2D eigenvalue weighted by atomic mass is 35.5. The van der Waals surface area contributed by atoms with Crippen molar-refractivity contribution in [2.75, 3.05) is 17.2 Å². The summed E-state index contributed by atoms with van der Waals surface area (Å²) in [4.78, 5) is 29.1. The van der Waals surface area contributed by atoms with E-state index in [0.29, 0.717) is 22.3 Å². The Labute approximate surface area is 137 Å². The van der Waals surface area contributed by atoms with Gasteiger partial charge in [-0.1, -0.05) is 6.07 Å². The van der Waals surface area contributed by atoms with E-state index in [-0.39, 0.29) is 24.0 Å². The largest absolute Gasteiger partial charge is 0.384 e. The first kappa shape index (κ1) is 15.2. The number of nitrogens with one attached hydrogen (secondary N) is 4. The summed E-state index contributed by atoms with van der Waals surface area (Å²) in [5, 5.41) is 6.15. The van der Waals surface area contributed by atoms with Crippen molar-refractivity contribution in [1.29, 1.82) is 0 Å². The first-order valence-corrected chi connectivity index (χ1v) is 7.10. The summed E-state index contributed by atoms with van der Waals surface area (Å²) in [6.07, 6.45) is 0.850. The Morgan fingerprint density at radius 1 is 1.09 bits per heavy atom. The monoisotopic (exact) mass is 330 g/mol. The fourth-order valence-corrected chi connectivity index (χ4v) is 2.87. The molecule has 1 aromatic heterocycles. The molecule has 0 radical (unpaired) electrons. The van der Waals surface area contributed by atoms with Gasteiger partial charge in [0.2, 0.25) is 0 Å². The lowest BCUT2D eigenvalue weighted by Gasteiger charge is -2.09. The molecule has 1 aliphatic heterocycles. The molecule has 0 atom stereocenters. The topological polar surface area (TPSA) is 89.8 Å². The van der Waals surface area contributed by atoms with Crippen molar-refractivity contribution in [2.24, 2.45) is 0 Å². The zero-order valence-corrected chi connectivity index (χ0v) is 12.9. The van der Waals surface area contributed by atoms with Gasteiger partial charge in [-0.2, -0.15) is 0 Å². The van der Waals surface area contributed by atoms with Gasteiger partial charge in [0.15, 0.2) is 0 Å². The number of carbonyl (C=O) groups is 1. The fraction of sp³-hybridized carbons (Fsp3) is 0.125. The summed E-state index contributed by atoms with van der Waals surface area (Å²) < 4.78 is 0. The van der Waals surface area contributed by atoms with Crippen LogP contribution in [0.1, 0.15) is 15.9 Å². The van der Waals surface area contributed by atoms with Crippen LogP contribution >= 0.6 is 12.4 Å². The Kier molecular flexibility index (Phi) is 3.83. The lowest BCUT2D eigenvalue weighted by Crippen LogP contribution is -2.13. The molecule has 4 N–H and O–H groups in total. The minimum atomic E-state index is -0.259. The maximum atomic E-state index is 12.5. The highest BCUT2D eigenvalue weighted by Gasteiger charge is 2.18. The van der Waals surface area contributed by atoms with Crippen LogP contribution in [0, 0.1) is 0 Å². The van der Waals surface area contributed by atoms with Gasteiger partial charge in [0.1, 0.15) is 0 Å². The number of aromatic amines is 2. The number of carbonyl (C=O) groups excluding carboxylic acids is 1. The smallest absolute Gasteiger partial charge is 0.323 e. The highest BCUT2D eigenvalue weighted by Crippen LogP contribution is 2.26. The average Bonchev–Trinajstić information content (AvgIpc) is 3.11. The molecule has 0 fully saturated rings. The minimum absolute atomic E-state index is 0. The molecular weight excluding hydrogens is 316 g/mol. The lowest BCUT2D eigenvalue weighted by molar-refractivity contribution is 0.102. The van der Waals surface area contributed by atoms with E-state index in [0.717, 1.165) is 24.2 Å². The normalized spacial score (nSPS) is 12.3. The predicted octanol–water partition coefficient (Wildman–Crippen LogP) is 2.50. The second kappa shape index (κ2) is 5.81. The molecule has 1 amide bonds. The number of halogens is 1. The lowest BCUT2D eigenvalue weighted by atomic mass is 10.0. The number of imidazole rings is 1. The molecular formula is C16H15ClN4O2. The van der Waals surface area contributed by atoms with E-state index in [1.165, 1.54) is 0 Å². The molecule has 0 unspecified atom stereocenters. The van der Waals surface area contributed by atoms with Gasteiger partial charge >= 0.3 is 5.69 Å². The number of hydrogen-bond donors (Lipinski definition) is 4. The van der Waals surface area contributed by atoms with Crippen LogP contribution in [0.3, 0.4) is 0 Å².